The van der Waals surface area contributed by atoms with E-state index in [1.807, 2.05) is 6.07 Å². The Labute approximate surface area is 110 Å². The van der Waals surface area contributed by atoms with Gasteiger partial charge in [0, 0.05) is 18.0 Å². The number of carbonyl (C=O) groups is 1. The summed E-state index contributed by atoms with van der Waals surface area (Å²) in [7, 11) is 0. The lowest BCUT2D eigenvalue weighted by Crippen LogP contribution is -2.28. The Kier molecular flexibility index (Phi) is 3.15. The molecule has 3 rings (SSSR count). The van der Waals surface area contributed by atoms with Gasteiger partial charge in [-0.1, -0.05) is 0 Å². The quantitative estimate of drug-likeness (QED) is 0.608. The number of ether oxygens (including phenoxy) is 1. The van der Waals surface area contributed by atoms with Gasteiger partial charge in [0.05, 0.1) is 5.00 Å². The van der Waals surface area contributed by atoms with Crippen LogP contribution < -0.4 is 4.90 Å². The number of cyclic esters (lactones) is 1. The number of piperidine rings is 1. The number of rotatable bonds is 2. The van der Waals surface area contributed by atoms with Crippen LogP contribution in [0.2, 0.25) is 0 Å². The first kappa shape index (κ1) is 11.5. The third-order valence-corrected chi connectivity index (χ3v) is 4.21. The average molecular weight is 262 g/mol. The van der Waals surface area contributed by atoms with Crippen molar-refractivity contribution in [1.82, 2.24) is 0 Å². The van der Waals surface area contributed by atoms with Gasteiger partial charge in [-0.15, -0.1) is 11.3 Å². The minimum Gasteiger partial charge on any atom is -0.410 e. The van der Waals surface area contributed by atoms with Gasteiger partial charge in [-0.2, -0.15) is 0 Å². The molecule has 2 aliphatic heterocycles. The van der Waals surface area contributed by atoms with E-state index in [1.165, 1.54) is 30.7 Å². The molecule has 0 spiro atoms. The van der Waals surface area contributed by atoms with E-state index in [0.717, 1.165) is 18.0 Å². The van der Waals surface area contributed by atoms with Crippen molar-refractivity contribution in [1.29, 1.82) is 0 Å². The number of hydrogen-bond donors (Lipinski definition) is 0. The summed E-state index contributed by atoms with van der Waals surface area (Å²) >= 11 is 1.70. The first-order valence-electron chi connectivity index (χ1n) is 6.13. The largest absolute Gasteiger partial charge is 0.410 e. The highest BCUT2D eigenvalue weighted by atomic mass is 32.1. The van der Waals surface area contributed by atoms with E-state index in [-0.39, 0.29) is 5.97 Å². The van der Waals surface area contributed by atoms with Crippen molar-refractivity contribution >= 4 is 34.8 Å². The lowest BCUT2D eigenvalue weighted by atomic mass is 10.1. The van der Waals surface area contributed by atoms with Crippen molar-refractivity contribution in [2.45, 2.75) is 19.3 Å². The van der Waals surface area contributed by atoms with Crippen molar-refractivity contribution in [3.63, 3.8) is 0 Å². The molecule has 1 aromatic rings. The Morgan fingerprint density at radius 2 is 2.11 bits per heavy atom. The molecule has 1 fully saturated rings. The molecule has 3 heterocycles. The highest BCUT2D eigenvalue weighted by Crippen LogP contribution is 2.30. The summed E-state index contributed by atoms with van der Waals surface area (Å²) in [4.78, 5) is 18.6. The molecule has 0 atom stereocenters. The maximum absolute atomic E-state index is 11.3. The summed E-state index contributed by atoms with van der Waals surface area (Å²) in [5, 5.41) is 1.27. The molecule has 4 nitrogen and oxygen atoms in total. The predicted octanol–water partition coefficient (Wildman–Crippen LogP) is 2.66. The predicted molar refractivity (Wildman–Crippen MR) is 72.9 cm³/mol. The van der Waals surface area contributed by atoms with Gasteiger partial charge in [0.1, 0.15) is 0 Å². The molecule has 0 radical (unpaired) electrons. The van der Waals surface area contributed by atoms with Crippen LogP contribution in [0.4, 0.5) is 5.00 Å². The molecule has 2 aliphatic rings. The third kappa shape index (κ3) is 2.31. The standard InChI is InChI=1S/C13H14N2O2S/c16-13-11(14-9-17-13)8-10-4-5-12(18-10)15-6-2-1-3-7-15/h4-5,8-9H,1-3,6-7H2. The van der Waals surface area contributed by atoms with Gasteiger partial charge >= 0.3 is 5.97 Å². The Hall–Kier alpha value is -1.62. The van der Waals surface area contributed by atoms with E-state index >= 15 is 0 Å². The third-order valence-electron chi connectivity index (χ3n) is 3.12. The van der Waals surface area contributed by atoms with Crippen LogP contribution in [0.1, 0.15) is 24.1 Å². The first-order valence-corrected chi connectivity index (χ1v) is 6.94. The fraction of sp³-hybridized carbons (Fsp3) is 0.385. The lowest BCUT2D eigenvalue weighted by Gasteiger charge is -2.27. The number of aliphatic imine (C=N–C) groups is 1. The maximum Gasteiger partial charge on any atom is 0.363 e. The van der Waals surface area contributed by atoms with Crippen LogP contribution >= 0.6 is 11.3 Å². The summed E-state index contributed by atoms with van der Waals surface area (Å²) in [5.74, 6) is -0.372. The molecule has 1 saturated heterocycles. The summed E-state index contributed by atoms with van der Waals surface area (Å²) in [6.07, 6.45) is 6.84. The molecule has 0 aliphatic carbocycles. The minimum absolute atomic E-state index is 0.372. The minimum atomic E-state index is -0.372. The van der Waals surface area contributed by atoms with Crippen LogP contribution in [-0.4, -0.2) is 25.5 Å². The van der Waals surface area contributed by atoms with Crippen molar-refractivity contribution in [3.8, 4) is 0 Å². The van der Waals surface area contributed by atoms with E-state index in [0.29, 0.717) is 5.70 Å². The maximum atomic E-state index is 11.3. The van der Waals surface area contributed by atoms with Crippen molar-refractivity contribution < 1.29 is 9.53 Å². The molecule has 0 amide bonds. The van der Waals surface area contributed by atoms with Gasteiger partial charge in [-0.3, -0.25) is 0 Å². The Bertz CT molecular complexity index is 513. The molecule has 5 heteroatoms. The molecule has 0 aromatic carbocycles. The molecule has 94 valence electrons. The molecule has 0 unspecified atom stereocenters. The molecular weight excluding hydrogens is 248 g/mol. The van der Waals surface area contributed by atoms with Crippen LogP contribution in [0.5, 0.6) is 0 Å². The van der Waals surface area contributed by atoms with E-state index in [9.17, 15) is 4.79 Å². The second-order valence-electron chi connectivity index (χ2n) is 4.39. The van der Waals surface area contributed by atoms with Gasteiger partial charge in [-0.05, 0) is 37.5 Å². The fourth-order valence-corrected chi connectivity index (χ4v) is 3.17. The smallest absolute Gasteiger partial charge is 0.363 e. The monoisotopic (exact) mass is 262 g/mol. The zero-order valence-electron chi connectivity index (χ0n) is 9.96. The number of esters is 1. The molecule has 0 bridgehead atoms. The fourth-order valence-electron chi connectivity index (χ4n) is 2.18. The number of anilines is 1. The molecular formula is C13H14N2O2S. The highest BCUT2D eigenvalue weighted by Gasteiger charge is 2.16. The zero-order valence-corrected chi connectivity index (χ0v) is 10.8. The van der Waals surface area contributed by atoms with E-state index < -0.39 is 0 Å². The van der Waals surface area contributed by atoms with Crippen molar-refractivity contribution in [2.75, 3.05) is 18.0 Å². The van der Waals surface area contributed by atoms with E-state index in [2.05, 4.69) is 20.7 Å². The topological polar surface area (TPSA) is 41.9 Å². The summed E-state index contributed by atoms with van der Waals surface area (Å²) < 4.78 is 4.66. The van der Waals surface area contributed by atoms with E-state index in [4.69, 9.17) is 0 Å². The highest BCUT2D eigenvalue weighted by molar-refractivity contribution is 7.16. The van der Waals surface area contributed by atoms with Crippen LogP contribution in [0.25, 0.3) is 6.08 Å². The van der Waals surface area contributed by atoms with E-state index in [1.54, 1.807) is 17.4 Å². The Balaban J connectivity index is 1.77. The average Bonchev–Trinajstić information content (AvgIpc) is 3.02. The lowest BCUT2D eigenvalue weighted by molar-refractivity contribution is -0.129. The molecule has 18 heavy (non-hydrogen) atoms. The number of carbonyl (C=O) groups excluding carboxylic acids is 1. The number of thiophene rings is 1. The SMILES string of the molecule is O=C1OC=NC1=Cc1ccc(N2CCCCC2)s1. The summed E-state index contributed by atoms with van der Waals surface area (Å²) in [5.41, 5.74) is 0.377. The Morgan fingerprint density at radius 1 is 1.28 bits per heavy atom. The van der Waals surface area contributed by atoms with Crippen LogP contribution in [0.15, 0.2) is 22.8 Å². The van der Waals surface area contributed by atoms with Gasteiger partial charge in [0.25, 0.3) is 0 Å². The molecule has 0 saturated carbocycles. The summed E-state index contributed by atoms with van der Waals surface area (Å²) in [6.45, 7) is 2.27. The number of nitrogens with zero attached hydrogens (tertiary/aromatic N) is 2. The van der Waals surface area contributed by atoms with Crippen molar-refractivity contribution in [3.05, 3.63) is 22.7 Å². The van der Waals surface area contributed by atoms with Crippen molar-refractivity contribution in [2.24, 2.45) is 4.99 Å². The van der Waals surface area contributed by atoms with Crippen LogP contribution in [-0.2, 0) is 9.53 Å². The molecule has 0 N–H and O–H groups in total. The first-order chi connectivity index (χ1) is 8.83. The van der Waals surface area contributed by atoms with Gasteiger partial charge in [-0.25, -0.2) is 9.79 Å². The second-order valence-corrected chi connectivity index (χ2v) is 5.49. The zero-order chi connectivity index (χ0) is 12.4. The number of hydrogen-bond acceptors (Lipinski definition) is 5. The molecule has 1 aromatic heterocycles. The Morgan fingerprint density at radius 3 is 2.83 bits per heavy atom. The normalized spacial score (nSPS) is 21.7. The summed E-state index contributed by atoms with van der Waals surface area (Å²) in [6, 6.07) is 4.15. The van der Waals surface area contributed by atoms with Gasteiger partial charge in [0.15, 0.2) is 12.1 Å². The van der Waals surface area contributed by atoms with Gasteiger partial charge in [0.2, 0.25) is 0 Å². The van der Waals surface area contributed by atoms with Crippen LogP contribution in [0.3, 0.4) is 0 Å². The van der Waals surface area contributed by atoms with Gasteiger partial charge < -0.3 is 9.64 Å². The van der Waals surface area contributed by atoms with Crippen LogP contribution in [0, 0.1) is 0 Å². The second kappa shape index (κ2) is 4.94.